The molecule has 0 atom stereocenters. The van der Waals surface area contributed by atoms with Crippen molar-refractivity contribution in [2.75, 3.05) is 38.4 Å². The molecule has 8 nitrogen and oxygen atoms in total. The van der Waals surface area contributed by atoms with Gasteiger partial charge in [-0.2, -0.15) is 5.10 Å². The first kappa shape index (κ1) is 18.5. The smallest absolute Gasteiger partial charge is 0.220 e. The molecule has 0 fully saturated rings. The van der Waals surface area contributed by atoms with Crippen LogP contribution in [0.5, 0.6) is 0 Å². The van der Waals surface area contributed by atoms with Gasteiger partial charge < -0.3 is 15.4 Å². The van der Waals surface area contributed by atoms with E-state index >= 15 is 0 Å². The largest absolute Gasteiger partial charge is 0.383 e. The van der Waals surface area contributed by atoms with Gasteiger partial charge >= 0.3 is 0 Å². The number of fused-ring (bicyclic) bond motifs is 1. The van der Waals surface area contributed by atoms with Crippen LogP contribution in [-0.4, -0.2) is 58.7 Å². The van der Waals surface area contributed by atoms with E-state index in [1.165, 1.54) is 11.8 Å². The number of carbonyl (C=O) groups is 1. The summed E-state index contributed by atoms with van der Waals surface area (Å²) in [5.74, 6) is 0.818. The van der Waals surface area contributed by atoms with Crippen LogP contribution < -0.4 is 10.6 Å². The van der Waals surface area contributed by atoms with Crippen LogP contribution in [0.1, 0.15) is 19.8 Å². The lowest BCUT2D eigenvalue weighted by molar-refractivity contribution is -0.121. The minimum absolute atomic E-state index is 0.0651. The van der Waals surface area contributed by atoms with E-state index < -0.39 is 0 Å². The fourth-order valence-corrected chi connectivity index (χ4v) is 2.57. The Balaban J connectivity index is 2.13. The molecule has 9 heteroatoms. The van der Waals surface area contributed by atoms with Gasteiger partial charge in [-0.15, -0.1) is 0 Å². The quantitative estimate of drug-likeness (QED) is 0.380. The minimum atomic E-state index is 0.0651. The maximum atomic E-state index is 11.5. The Morgan fingerprint density at radius 3 is 2.92 bits per heavy atom. The van der Waals surface area contributed by atoms with Gasteiger partial charge in [0.1, 0.15) is 5.82 Å². The summed E-state index contributed by atoms with van der Waals surface area (Å²) in [7, 11) is 1.66. The lowest BCUT2D eigenvalue weighted by Gasteiger charge is -2.09. The number of carbonyl (C=O) groups excluding carboxylic acids is 1. The van der Waals surface area contributed by atoms with E-state index in [-0.39, 0.29) is 5.91 Å². The van der Waals surface area contributed by atoms with Crippen molar-refractivity contribution < 1.29 is 9.53 Å². The molecule has 132 valence electrons. The molecule has 1 amide bonds. The van der Waals surface area contributed by atoms with Crippen molar-refractivity contribution in [2.45, 2.75) is 31.5 Å². The zero-order valence-electron chi connectivity index (χ0n) is 14.3. The van der Waals surface area contributed by atoms with Gasteiger partial charge in [0.2, 0.25) is 5.91 Å². The third kappa shape index (κ3) is 4.81. The molecule has 0 aliphatic heterocycles. The number of hydrogen-bond acceptors (Lipinski definition) is 7. The summed E-state index contributed by atoms with van der Waals surface area (Å²) in [5, 5.41) is 12.1. The average molecular weight is 352 g/mol. The van der Waals surface area contributed by atoms with Crippen molar-refractivity contribution in [3.8, 4) is 0 Å². The zero-order valence-corrected chi connectivity index (χ0v) is 15.2. The molecule has 0 aromatic carbocycles. The number of thioether (sulfide) groups is 1. The molecule has 0 saturated heterocycles. The van der Waals surface area contributed by atoms with Gasteiger partial charge in [-0.05, 0) is 12.7 Å². The van der Waals surface area contributed by atoms with Crippen molar-refractivity contribution in [3.05, 3.63) is 6.20 Å². The molecule has 0 aliphatic rings. The Bertz CT molecular complexity index is 675. The lowest BCUT2D eigenvalue weighted by atomic mass is 10.3. The average Bonchev–Trinajstić information content (AvgIpc) is 2.98. The van der Waals surface area contributed by atoms with Crippen LogP contribution in [0.4, 0.5) is 5.82 Å². The van der Waals surface area contributed by atoms with Gasteiger partial charge in [0, 0.05) is 26.6 Å². The SMILES string of the molecule is CCCC(=O)NCCn1ncc2c(NCCOC)nc(SC)nc21. The van der Waals surface area contributed by atoms with Crippen molar-refractivity contribution >= 4 is 34.5 Å². The van der Waals surface area contributed by atoms with Crippen LogP contribution in [0.3, 0.4) is 0 Å². The number of amides is 1. The molecule has 0 bridgehead atoms. The van der Waals surface area contributed by atoms with Crippen molar-refractivity contribution in [3.63, 3.8) is 0 Å². The first-order valence-corrected chi connectivity index (χ1v) is 9.19. The summed E-state index contributed by atoms with van der Waals surface area (Å²) < 4.78 is 6.86. The first-order chi connectivity index (χ1) is 11.7. The molecule has 0 spiro atoms. The van der Waals surface area contributed by atoms with Crippen LogP contribution in [0.2, 0.25) is 0 Å². The normalized spacial score (nSPS) is 11.0. The van der Waals surface area contributed by atoms with E-state index in [2.05, 4.69) is 25.7 Å². The second-order valence-electron chi connectivity index (χ2n) is 5.18. The molecule has 0 aliphatic carbocycles. The van der Waals surface area contributed by atoms with Gasteiger partial charge in [0.25, 0.3) is 0 Å². The van der Waals surface area contributed by atoms with E-state index in [0.717, 1.165) is 23.3 Å². The van der Waals surface area contributed by atoms with E-state index in [1.807, 2.05) is 13.2 Å². The van der Waals surface area contributed by atoms with Gasteiger partial charge in [-0.1, -0.05) is 18.7 Å². The number of rotatable bonds is 10. The van der Waals surface area contributed by atoms with Crippen molar-refractivity contribution in [1.82, 2.24) is 25.1 Å². The Morgan fingerprint density at radius 2 is 2.21 bits per heavy atom. The molecule has 0 radical (unpaired) electrons. The van der Waals surface area contributed by atoms with Crippen LogP contribution in [0.15, 0.2) is 11.4 Å². The molecular weight excluding hydrogens is 328 g/mol. The van der Waals surface area contributed by atoms with Gasteiger partial charge in [0.05, 0.1) is 24.7 Å². The van der Waals surface area contributed by atoms with E-state index in [4.69, 9.17) is 4.74 Å². The van der Waals surface area contributed by atoms with Crippen LogP contribution >= 0.6 is 11.8 Å². The molecule has 2 N–H and O–H groups in total. The number of nitrogens with zero attached hydrogens (tertiary/aromatic N) is 4. The molecule has 2 rings (SSSR count). The van der Waals surface area contributed by atoms with Crippen LogP contribution in [-0.2, 0) is 16.1 Å². The topological polar surface area (TPSA) is 94.0 Å². The minimum Gasteiger partial charge on any atom is -0.383 e. The summed E-state index contributed by atoms with van der Waals surface area (Å²) in [5.41, 5.74) is 0.763. The zero-order chi connectivity index (χ0) is 17.4. The highest BCUT2D eigenvalue weighted by Crippen LogP contribution is 2.23. The molecule has 2 aromatic heterocycles. The Kier molecular flexibility index (Phi) is 7.26. The fourth-order valence-electron chi connectivity index (χ4n) is 2.21. The highest BCUT2D eigenvalue weighted by molar-refractivity contribution is 7.98. The highest BCUT2D eigenvalue weighted by atomic mass is 32.2. The number of hydrogen-bond donors (Lipinski definition) is 2. The molecule has 2 aromatic rings. The van der Waals surface area contributed by atoms with Crippen LogP contribution in [0, 0.1) is 0 Å². The monoisotopic (exact) mass is 352 g/mol. The summed E-state index contributed by atoms with van der Waals surface area (Å²) in [6.07, 6.45) is 5.08. The van der Waals surface area contributed by atoms with Crippen molar-refractivity contribution in [2.24, 2.45) is 0 Å². The Morgan fingerprint density at radius 1 is 1.38 bits per heavy atom. The predicted molar refractivity (Wildman–Crippen MR) is 95.4 cm³/mol. The number of methoxy groups -OCH3 is 1. The van der Waals surface area contributed by atoms with Gasteiger partial charge in [-0.3, -0.25) is 4.79 Å². The molecule has 0 unspecified atom stereocenters. The summed E-state index contributed by atoms with van der Waals surface area (Å²) >= 11 is 1.48. The summed E-state index contributed by atoms with van der Waals surface area (Å²) in [6.45, 7) is 4.34. The molecule has 2 heterocycles. The predicted octanol–water partition coefficient (Wildman–Crippen LogP) is 1.52. The van der Waals surface area contributed by atoms with Gasteiger partial charge in [0.15, 0.2) is 10.8 Å². The first-order valence-electron chi connectivity index (χ1n) is 7.96. The summed E-state index contributed by atoms with van der Waals surface area (Å²) in [6, 6.07) is 0. The maximum Gasteiger partial charge on any atom is 0.220 e. The molecular formula is C15H24N6O2S. The molecule has 24 heavy (non-hydrogen) atoms. The van der Waals surface area contributed by atoms with Crippen molar-refractivity contribution in [1.29, 1.82) is 0 Å². The van der Waals surface area contributed by atoms with Crippen LogP contribution in [0.25, 0.3) is 11.0 Å². The highest BCUT2D eigenvalue weighted by Gasteiger charge is 2.12. The second-order valence-corrected chi connectivity index (χ2v) is 5.96. The lowest BCUT2D eigenvalue weighted by Crippen LogP contribution is -2.27. The second kappa shape index (κ2) is 9.43. The standard InChI is InChI=1S/C15H24N6O2S/c1-4-5-12(22)16-6-8-21-14-11(10-18-21)13(17-7-9-23-2)19-15(20-14)24-3/h10H,4-9H2,1-3H3,(H,16,22)(H,17,19,20). The molecule has 0 saturated carbocycles. The third-order valence-electron chi connectivity index (χ3n) is 3.38. The number of ether oxygens (including phenoxy) is 1. The van der Waals surface area contributed by atoms with E-state index in [9.17, 15) is 4.79 Å². The number of anilines is 1. The van der Waals surface area contributed by atoms with E-state index in [0.29, 0.717) is 37.8 Å². The fraction of sp³-hybridized carbons (Fsp3) is 0.600. The Hall–Kier alpha value is -1.87. The maximum absolute atomic E-state index is 11.5. The number of aromatic nitrogens is 4. The number of nitrogens with one attached hydrogen (secondary N) is 2. The van der Waals surface area contributed by atoms with Gasteiger partial charge in [-0.25, -0.2) is 14.6 Å². The third-order valence-corrected chi connectivity index (χ3v) is 3.93. The van der Waals surface area contributed by atoms with E-state index in [1.54, 1.807) is 18.0 Å². The summed E-state index contributed by atoms with van der Waals surface area (Å²) in [4.78, 5) is 20.6. The Labute approximate surface area is 145 Å².